The molecule has 1 fully saturated rings. The van der Waals surface area contributed by atoms with Crippen molar-refractivity contribution in [2.45, 2.75) is 45.2 Å². The molecule has 0 aromatic heterocycles. The lowest BCUT2D eigenvalue weighted by Gasteiger charge is -2.27. The highest BCUT2D eigenvalue weighted by molar-refractivity contribution is 5.75. The Balaban J connectivity index is 2.60. The van der Waals surface area contributed by atoms with E-state index in [1.54, 1.807) is 5.01 Å². The van der Waals surface area contributed by atoms with Crippen LogP contribution in [-0.4, -0.2) is 45.8 Å². The summed E-state index contributed by atoms with van der Waals surface area (Å²) in [4.78, 5) is 22.0. The number of carbonyl (C=O) groups is 2. The van der Waals surface area contributed by atoms with Gasteiger partial charge in [-0.3, -0.25) is 9.59 Å². The lowest BCUT2D eigenvalue weighted by molar-refractivity contribution is -0.147. The van der Waals surface area contributed by atoms with E-state index in [1.165, 1.54) is 0 Å². The van der Waals surface area contributed by atoms with Gasteiger partial charge >= 0.3 is 11.9 Å². The van der Waals surface area contributed by atoms with Crippen LogP contribution < -0.4 is 5.43 Å². The average Bonchev–Trinajstić information content (AvgIpc) is 2.63. The van der Waals surface area contributed by atoms with Crippen molar-refractivity contribution in [1.29, 1.82) is 0 Å². The molecule has 1 rings (SSSR count). The molecule has 0 unspecified atom stereocenters. The lowest BCUT2D eigenvalue weighted by Crippen LogP contribution is -2.52. The molecule has 98 valence electrons. The third kappa shape index (κ3) is 3.98. The highest BCUT2D eigenvalue weighted by Gasteiger charge is 2.33. The Morgan fingerprint density at radius 1 is 1.41 bits per heavy atom. The van der Waals surface area contributed by atoms with Gasteiger partial charge in [0.05, 0.1) is 0 Å². The van der Waals surface area contributed by atoms with Crippen LogP contribution in [0.1, 0.15) is 33.1 Å². The van der Waals surface area contributed by atoms with E-state index in [2.05, 4.69) is 5.43 Å². The van der Waals surface area contributed by atoms with Crippen molar-refractivity contribution in [1.82, 2.24) is 10.4 Å². The molecular weight excluding hydrogens is 224 g/mol. The number of rotatable bonds is 6. The van der Waals surface area contributed by atoms with Gasteiger partial charge in [-0.15, -0.1) is 0 Å². The summed E-state index contributed by atoms with van der Waals surface area (Å²) >= 11 is 0. The zero-order chi connectivity index (χ0) is 13.0. The molecule has 0 aliphatic carbocycles. The van der Waals surface area contributed by atoms with E-state index < -0.39 is 24.0 Å². The molecule has 0 spiro atoms. The molecule has 6 nitrogen and oxygen atoms in total. The average molecular weight is 244 g/mol. The highest BCUT2D eigenvalue weighted by atomic mass is 16.4. The van der Waals surface area contributed by atoms with Crippen molar-refractivity contribution in [2.75, 3.05) is 6.54 Å². The second-order valence-corrected chi connectivity index (χ2v) is 4.84. The monoisotopic (exact) mass is 244 g/mol. The van der Waals surface area contributed by atoms with Crippen LogP contribution in [0.4, 0.5) is 0 Å². The fourth-order valence-electron chi connectivity index (χ4n) is 2.06. The maximum Gasteiger partial charge on any atom is 0.322 e. The fourth-order valence-corrected chi connectivity index (χ4v) is 2.06. The minimum atomic E-state index is -0.935. The molecule has 0 radical (unpaired) electrons. The van der Waals surface area contributed by atoms with E-state index >= 15 is 0 Å². The van der Waals surface area contributed by atoms with E-state index in [9.17, 15) is 9.59 Å². The molecule has 1 aliphatic rings. The maximum atomic E-state index is 11.1. The topological polar surface area (TPSA) is 89.9 Å². The van der Waals surface area contributed by atoms with Crippen molar-refractivity contribution >= 4 is 11.9 Å². The summed E-state index contributed by atoms with van der Waals surface area (Å²) in [5, 5.41) is 19.6. The van der Waals surface area contributed by atoms with Gasteiger partial charge in [0.15, 0.2) is 0 Å². The summed E-state index contributed by atoms with van der Waals surface area (Å²) in [6, 6.07) is -1.32. The molecule has 1 heterocycles. The Morgan fingerprint density at radius 2 is 2.06 bits per heavy atom. The predicted octanol–water partition coefficient (Wildman–Crippen LogP) is 0.539. The van der Waals surface area contributed by atoms with Crippen LogP contribution >= 0.6 is 0 Å². The van der Waals surface area contributed by atoms with Gasteiger partial charge in [-0.05, 0) is 25.2 Å². The van der Waals surface area contributed by atoms with E-state index in [1.807, 2.05) is 13.8 Å². The second kappa shape index (κ2) is 5.97. The van der Waals surface area contributed by atoms with Gasteiger partial charge < -0.3 is 10.2 Å². The van der Waals surface area contributed by atoms with E-state index in [4.69, 9.17) is 10.2 Å². The third-order valence-electron chi connectivity index (χ3n) is 2.86. The first-order valence-corrected chi connectivity index (χ1v) is 5.90. The second-order valence-electron chi connectivity index (χ2n) is 4.84. The predicted molar refractivity (Wildman–Crippen MR) is 61.4 cm³/mol. The third-order valence-corrected chi connectivity index (χ3v) is 2.86. The summed E-state index contributed by atoms with van der Waals surface area (Å²) in [5.74, 6) is -1.59. The lowest BCUT2D eigenvalue weighted by atomic mass is 10.0. The first kappa shape index (κ1) is 13.9. The van der Waals surface area contributed by atoms with Crippen LogP contribution in [0.2, 0.25) is 0 Å². The summed E-state index contributed by atoms with van der Waals surface area (Å²) < 4.78 is 0. The van der Waals surface area contributed by atoms with Crippen LogP contribution in [0, 0.1) is 5.92 Å². The largest absolute Gasteiger partial charge is 0.480 e. The minimum Gasteiger partial charge on any atom is -0.480 e. The molecule has 17 heavy (non-hydrogen) atoms. The molecule has 1 aliphatic heterocycles. The molecule has 0 aromatic carbocycles. The van der Waals surface area contributed by atoms with Crippen LogP contribution in [0.5, 0.6) is 0 Å². The maximum absolute atomic E-state index is 11.1. The van der Waals surface area contributed by atoms with Crippen LogP contribution in [0.3, 0.4) is 0 Å². The molecular formula is C11H20N2O4. The summed E-state index contributed by atoms with van der Waals surface area (Å²) in [6.45, 7) is 4.46. The SMILES string of the molecule is CC(C)C[C@@H](NN1CCC[C@H]1C(=O)O)C(=O)O. The van der Waals surface area contributed by atoms with E-state index in [-0.39, 0.29) is 5.92 Å². The van der Waals surface area contributed by atoms with Gasteiger partial charge in [-0.25, -0.2) is 10.4 Å². The van der Waals surface area contributed by atoms with Crippen LogP contribution in [0.25, 0.3) is 0 Å². The van der Waals surface area contributed by atoms with Crippen molar-refractivity contribution in [3.8, 4) is 0 Å². The summed E-state index contributed by atoms with van der Waals surface area (Å²) in [5.41, 5.74) is 2.83. The Bertz CT molecular complexity index is 293. The number of hydrazine groups is 1. The smallest absolute Gasteiger partial charge is 0.322 e. The first-order valence-electron chi connectivity index (χ1n) is 5.90. The fraction of sp³-hybridized carbons (Fsp3) is 0.818. The van der Waals surface area contributed by atoms with Gasteiger partial charge in [0, 0.05) is 6.54 Å². The van der Waals surface area contributed by atoms with Gasteiger partial charge in [-0.2, -0.15) is 0 Å². The Kier molecular flexibility index (Phi) is 4.89. The van der Waals surface area contributed by atoms with Gasteiger partial charge in [-0.1, -0.05) is 13.8 Å². The van der Waals surface area contributed by atoms with Crippen molar-refractivity contribution < 1.29 is 19.8 Å². The minimum absolute atomic E-state index is 0.245. The van der Waals surface area contributed by atoms with Gasteiger partial charge in [0.1, 0.15) is 12.1 Å². The number of nitrogens with one attached hydrogen (secondary N) is 1. The zero-order valence-electron chi connectivity index (χ0n) is 10.2. The van der Waals surface area contributed by atoms with Crippen molar-refractivity contribution in [2.24, 2.45) is 5.92 Å². The number of hydrogen-bond acceptors (Lipinski definition) is 4. The van der Waals surface area contributed by atoms with Gasteiger partial charge in [0.25, 0.3) is 0 Å². The number of nitrogens with zero attached hydrogens (tertiary/aromatic N) is 1. The van der Waals surface area contributed by atoms with E-state index in [0.29, 0.717) is 19.4 Å². The standard InChI is InChI=1S/C11H20N2O4/c1-7(2)6-8(10(14)15)12-13-5-3-4-9(13)11(16)17/h7-9,12H,3-6H2,1-2H3,(H,14,15)(H,16,17)/t8-,9+/m1/s1. The quantitative estimate of drug-likeness (QED) is 0.632. The number of carboxylic acid groups (broad SMARTS) is 2. The first-order chi connectivity index (χ1) is 7.91. The Labute approximate surface area is 101 Å². The van der Waals surface area contributed by atoms with Crippen LogP contribution in [0.15, 0.2) is 0 Å². The molecule has 0 saturated carbocycles. The van der Waals surface area contributed by atoms with Crippen molar-refractivity contribution in [3.05, 3.63) is 0 Å². The van der Waals surface area contributed by atoms with Crippen molar-refractivity contribution in [3.63, 3.8) is 0 Å². The summed E-state index contributed by atoms with van der Waals surface area (Å²) in [7, 11) is 0. The Morgan fingerprint density at radius 3 is 2.53 bits per heavy atom. The number of hydrogen-bond donors (Lipinski definition) is 3. The molecule has 3 N–H and O–H groups in total. The number of carboxylic acids is 2. The number of aliphatic carboxylic acids is 2. The molecule has 0 aromatic rings. The molecule has 2 atom stereocenters. The molecule has 0 amide bonds. The zero-order valence-corrected chi connectivity index (χ0v) is 10.2. The normalized spacial score (nSPS) is 22.9. The molecule has 0 bridgehead atoms. The Hall–Kier alpha value is -1.14. The summed E-state index contributed by atoms with van der Waals surface area (Å²) in [6.07, 6.45) is 1.83. The molecule has 1 saturated heterocycles. The molecule has 6 heteroatoms. The highest BCUT2D eigenvalue weighted by Crippen LogP contribution is 2.16. The van der Waals surface area contributed by atoms with Crippen LogP contribution in [-0.2, 0) is 9.59 Å². The van der Waals surface area contributed by atoms with Gasteiger partial charge in [0.2, 0.25) is 0 Å². The van der Waals surface area contributed by atoms with E-state index in [0.717, 1.165) is 6.42 Å².